The molecule has 2 saturated carbocycles. The summed E-state index contributed by atoms with van der Waals surface area (Å²) in [7, 11) is 0. The molecule has 0 aromatic rings. The van der Waals surface area contributed by atoms with Gasteiger partial charge in [-0.3, -0.25) is 0 Å². The van der Waals surface area contributed by atoms with E-state index in [4.69, 9.17) is 5.73 Å². The summed E-state index contributed by atoms with van der Waals surface area (Å²) >= 11 is 0. The Kier molecular flexibility index (Phi) is 3.71. The topological polar surface area (TPSA) is 26.0 Å². The summed E-state index contributed by atoms with van der Waals surface area (Å²) in [4.78, 5) is 0. The molecule has 2 aliphatic rings. The summed E-state index contributed by atoms with van der Waals surface area (Å²) < 4.78 is 0. The minimum atomic E-state index is 0.464. The Morgan fingerprint density at radius 2 is 1.53 bits per heavy atom. The third-order valence-electron chi connectivity index (χ3n) is 5.15. The lowest BCUT2D eigenvalue weighted by Gasteiger charge is -2.43. The van der Waals surface area contributed by atoms with Crippen molar-refractivity contribution in [3.05, 3.63) is 0 Å². The predicted octanol–water partition coefficient (Wildman–Crippen LogP) is 3.58. The summed E-state index contributed by atoms with van der Waals surface area (Å²) in [6, 6.07) is 0.464. The smallest absolute Gasteiger partial charge is 0.00931 e. The van der Waals surface area contributed by atoms with Gasteiger partial charge in [0.25, 0.3) is 0 Å². The van der Waals surface area contributed by atoms with Crippen LogP contribution in [0, 0.1) is 23.7 Å². The van der Waals surface area contributed by atoms with Gasteiger partial charge in [-0.1, -0.05) is 46.0 Å². The van der Waals surface area contributed by atoms with Gasteiger partial charge in [-0.25, -0.2) is 0 Å². The summed E-state index contributed by atoms with van der Waals surface area (Å²) in [6.07, 6.45) is 10.2. The van der Waals surface area contributed by atoms with Crippen LogP contribution in [-0.2, 0) is 0 Å². The molecule has 2 rings (SSSR count). The Bertz CT molecular complexity index is 194. The molecule has 0 radical (unpaired) electrons. The number of rotatable bonds is 1. The highest BCUT2D eigenvalue weighted by Gasteiger charge is 2.36. The maximum Gasteiger partial charge on any atom is 0.00931 e. The van der Waals surface area contributed by atoms with Gasteiger partial charge in [-0.2, -0.15) is 0 Å². The molecule has 2 aliphatic carbocycles. The van der Waals surface area contributed by atoms with E-state index in [0.29, 0.717) is 6.04 Å². The molecule has 1 nitrogen and oxygen atoms in total. The van der Waals surface area contributed by atoms with E-state index < -0.39 is 0 Å². The Balaban J connectivity index is 1.96. The van der Waals surface area contributed by atoms with Crippen molar-refractivity contribution >= 4 is 0 Å². The van der Waals surface area contributed by atoms with Crippen molar-refractivity contribution in [3.8, 4) is 0 Å². The van der Waals surface area contributed by atoms with Gasteiger partial charge in [0.1, 0.15) is 0 Å². The van der Waals surface area contributed by atoms with Crippen LogP contribution in [0.3, 0.4) is 0 Å². The highest BCUT2D eigenvalue weighted by Crippen LogP contribution is 2.42. The van der Waals surface area contributed by atoms with E-state index in [1.54, 1.807) is 0 Å². The number of hydrogen-bond donors (Lipinski definition) is 1. The SMILES string of the molecule is CC1CCC(C2CCCCC2)C(C)C1N. The average molecular weight is 209 g/mol. The fourth-order valence-corrected chi connectivity index (χ4v) is 3.94. The van der Waals surface area contributed by atoms with Crippen molar-refractivity contribution < 1.29 is 0 Å². The maximum atomic E-state index is 6.32. The Labute approximate surface area is 94.8 Å². The Morgan fingerprint density at radius 3 is 2.20 bits per heavy atom. The van der Waals surface area contributed by atoms with Gasteiger partial charge in [0, 0.05) is 6.04 Å². The van der Waals surface area contributed by atoms with Gasteiger partial charge < -0.3 is 5.73 Å². The molecular formula is C14H27N. The second-order valence-electron chi connectivity index (χ2n) is 6.05. The quantitative estimate of drug-likeness (QED) is 0.702. The standard InChI is InChI=1S/C14H27N/c1-10-8-9-13(11(2)14(10)15)12-6-4-3-5-7-12/h10-14H,3-9,15H2,1-2H3. The summed E-state index contributed by atoms with van der Waals surface area (Å²) in [5, 5.41) is 0. The molecule has 0 aromatic carbocycles. The lowest BCUT2D eigenvalue weighted by atomic mass is 9.64. The monoisotopic (exact) mass is 209 g/mol. The molecule has 0 saturated heterocycles. The van der Waals surface area contributed by atoms with Crippen molar-refractivity contribution in [2.45, 2.75) is 64.8 Å². The van der Waals surface area contributed by atoms with Gasteiger partial charge in [0.05, 0.1) is 0 Å². The minimum absolute atomic E-state index is 0.464. The van der Waals surface area contributed by atoms with Crippen molar-refractivity contribution in [1.29, 1.82) is 0 Å². The molecule has 2 N–H and O–H groups in total. The van der Waals surface area contributed by atoms with Crippen molar-refractivity contribution in [1.82, 2.24) is 0 Å². The van der Waals surface area contributed by atoms with Crippen LogP contribution in [-0.4, -0.2) is 6.04 Å². The fraction of sp³-hybridized carbons (Fsp3) is 1.00. The van der Waals surface area contributed by atoms with E-state index in [2.05, 4.69) is 13.8 Å². The Morgan fingerprint density at radius 1 is 0.867 bits per heavy atom. The van der Waals surface area contributed by atoms with E-state index >= 15 is 0 Å². The van der Waals surface area contributed by atoms with Gasteiger partial charge >= 0.3 is 0 Å². The van der Waals surface area contributed by atoms with E-state index in [-0.39, 0.29) is 0 Å². The third kappa shape index (κ3) is 2.38. The molecule has 0 heterocycles. The minimum Gasteiger partial charge on any atom is -0.327 e. The first-order valence-corrected chi connectivity index (χ1v) is 6.95. The first kappa shape index (κ1) is 11.4. The van der Waals surface area contributed by atoms with Gasteiger partial charge in [-0.05, 0) is 36.5 Å². The van der Waals surface area contributed by atoms with Gasteiger partial charge in [0.15, 0.2) is 0 Å². The zero-order chi connectivity index (χ0) is 10.8. The van der Waals surface area contributed by atoms with E-state index in [9.17, 15) is 0 Å². The third-order valence-corrected chi connectivity index (χ3v) is 5.15. The van der Waals surface area contributed by atoms with E-state index in [0.717, 1.165) is 23.7 Å². The molecule has 4 unspecified atom stereocenters. The second kappa shape index (κ2) is 4.86. The maximum absolute atomic E-state index is 6.32. The van der Waals surface area contributed by atoms with Crippen molar-refractivity contribution in [3.63, 3.8) is 0 Å². The van der Waals surface area contributed by atoms with Crippen LogP contribution in [0.4, 0.5) is 0 Å². The summed E-state index contributed by atoms with van der Waals surface area (Å²) in [6.45, 7) is 4.73. The highest BCUT2D eigenvalue weighted by molar-refractivity contribution is 4.89. The van der Waals surface area contributed by atoms with Crippen LogP contribution < -0.4 is 5.73 Å². The molecular weight excluding hydrogens is 182 g/mol. The number of nitrogens with two attached hydrogens (primary N) is 1. The molecule has 4 atom stereocenters. The average Bonchev–Trinajstić information content (AvgIpc) is 2.27. The molecule has 2 fully saturated rings. The van der Waals surface area contributed by atoms with E-state index in [1.807, 2.05) is 0 Å². The zero-order valence-corrected chi connectivity index (χ0v) is 10.4. The first-order chi connectivity index (χ1) is 7.20. The summed E-state index contributed by atoms with van der Waals surface area (Å²) in [5.74, 6) is 3.46. The van der Waals surface area contributed by atoms with Gasteiger partial charge in [-0.15, -0.1) is 0 Å². The molecule has 88 valence electrons. The largest absolute Gasteiger partial charge is 0.327 e. The van der Waals surface area contributed by atoms with Crippen LogP contribution in [0.5, 0.6) is 0 Å². The van der Waals surface area contributed by atoms with Crippen molar-refractivity contribution in [2.75, 3.05) is 0 Å². The summed E-state index contributed by atoms with van der Waals surface area (Å²) in [5.41, 5.74) is 6.32. The van der Waals surface area contributed by atoms with Crippen LogP contribution in [0.2, 0.25) is 0 Å². The van der Waals surface area contributed by atoms with E-state index in [1.165, 1.54) is 44.9 Å². The van der Waals surface area contributed by atoms with Gasteiger partial charge in [0.2, 0.25) is 0 Å². The predicted molar refractivity (Wildman–Crippen MR) is 65.6 cm³/mol. The van der Waals surface area contributed by atoms with Crippen molar-refractivity contribution in [2.24, 2.45) is 29.4 Å². The molecule has 15 heavy (non-hydrogen) atoms. The van der Waals surface area contributed by atoms with Crippen LogP contribution in [0.1, 0.15) is 58.8 Å². The normalized spacial score (nSPS) is 44.2. The second-order valence-corrected chi connectivity index (χ2v) is 6.05. The lowest BCUT2D eigenvalue weighted by molar-refractivity contribution is 0.0948. The zero-order valence-electron chi connectivity index (χ0n) is 10.4. The first-order valence-electron chi connectivity index (χ1n) is 6.95. The molecule has 0 aliphatic heterocycles. The molecule has 0 amide bonds. The highest BCUT2D eigenvalue weighted by atomic mass is 14.7. The van der Waals surface area contributed by atoms with Crippen LogP contribution in [0.25, 0.3) is 0 Å². The van der Waals surface area contributed by atoms with Crippen LogP contribution >= 0.6 is 0 Å². The molecule has 0 bridgehead atoms. The van der Waals surface area contributed by atoms with Crippen LogP contribution in [0.15, 0.2) is 0 Å². The molecule has 0 spiro atoms. The fourth-order valence-electron chi connectivity index (χ4n) is 3.94. The lowest BCUT2D eigenvalue weighted by Crippen LogP contribution is -2.45. The number of hydrogen-bond acceptors (Lipinski definition) is 1. The Hall–Kier alpha value is -0.0400. The molecule has 0 aromatic heterocycles. The molecule has 1 heteroatoms.